The summed E-state index contributed by atoms with van der Waals surface area (Å²) in [5.74, 6) is 1.54. The van der Waals surface area contributed by atoms with Gasteiger partial charge in [0.1, 0.15) is 11.5 Å². The summed E-state index contributed by atoms with van der Waals surface area (Å²) < 4.78 is 5.93. The van der Waals surface area contributed by atoms with Gasteiger partial charge in [0.05, 0.1) is 6.10 Å². The summed E-state index contributed by atoms with van der Waals surface area (Å²) >= 11 is 0. The van der Waals surface area contributed by atoms with Gasteiger partial charge in [0.15, 0.2) is 5.78 Å². The molecule has 2 aromatic carbocycles. The van der Waals surface area contributed by atoms with Crippen LogP contribution in [0.4, 0.5) is 0 Å². The van der Waals surface area contributed by atoms with Crippen LogP contribution in [0.15, 0.2) is 48.5 Å². The normalized spacial score (nSPS) is 12.4. The van der Waals surface area contributed by atoms with Gasteiger partial charge in [-0.3, -0.25) is 4.79 Å². The van der Waals surface area contributed by atoms with E-state index >= 15 is 0 Å². The number of unbranched alkanes of at least 4 members (excludes halogenated alkanes) is 14. The van der Waals surface area contributed by atoms with Crippen LogP contribution >= 0.6 is 0 Å². The largest absolute Gasteiger partial charge is 0.457 e. The Labute approximate surface area is 233 Å². The van der Waals surface area contributed by atoms with Crippen LogP contribution in [0.5, 0.6) is 11.5 Å². The lowest BCUT2D eigenvalue weighted by Crippen LogP contribution is -2.19. The molecular weight excluding hydrogens is 468 g/mol. The van der Waals surface area contributed by atoms with Gasteiger partial charge < -0.3 is 9.84 Å². The van der Waals surface area contributed by atoms with Gasteiger partial charge in [-0.1, -0.05) is 136 Å². The van der Waals surface area contributed by atoms with Crippen molar-refractivity contribution in [2.24, 2.45) is 5.41 Å². The minimum absolute atomic E-state index is 0.122. The molecule has 0 heterocycles. The first kappa shape index (κ1) is 32.1. The Kier molecular flexibility index (Phi) is 15.4. The zero-order valence-corrected chi connectivity index (χ0v) is 24.8. The van der Waals surface area contributed by atoms with Gasteiger partial charge >= 0.3 is 0 Å². The van der Waals surface area contributed by atoms with E-state index in [0.717, 1.165) is 24.2 Å². The summed E-state index contributed by atoms with van der Waals surface area (Å²) in [7, 11) is 0. The summed E-state index contributed by atoms with van der Waals surface area (Å²) in [6.07, 6.45) is 20.7. The topological polar surface area (TPSA) is 46.5 Å². The van der Waals surface area contributed by atoms with Gasteiger partial charge in [-0.05, 0) is 48.4 Å². The highest BCUT2D eigenvalue weighted by Crippen LogP contribution is 2.27. The Hall–Kier alpha value is -2.13. The standard InChI is InChI=1S/C35H54O3/c1-5-6-7-8-9-10-11-12-13-14-15-16-17-18-19-20-33(36)29-21-25-31(26-22-29)38-32-27-23-30(24-28-32)34(37)35(2,3)4/h21-28,33,36H,5-20H2,1-4H3. The van der Waals surface area contributed by atoms with Gasteiger partial charge in [-0.25, -0.2) is 0 Å². The molecule has 1 unspecified atom stereocenters. The van der Waals surface area contributed by atoms with Crippen molar-refractivity contribution >= 4 is 5.78 Å². The van der Waals surface area contributed by atoms with Crippen molar-refractivity contribution in [3.05, 3.63) is 59.7 Å². The van der Waals surface area contributed by atoms with E-state index in [0.29, 0.717) is 11.3 Å². The highest BCUT2D eigenvalue weighted by Gasteiger charge is 2.22. The first-order chi connectivity index (χ1) is 18.3. The van der Waals surface area contributed by atoms with Gasteiger partial charge in [-0.15, -0.1) is 0 Å². The van der Waals surface area contributed by atoms with Crippen molar-refractivity contribution in [3.8, 4) is 11.5 Å². The van der Waals surface area contributed by atoms with Gasteiger partial charge in [0.2, 0.25) is 0 Å². The summed E-state index contributed by atoms with van der Waals surface area (Å²) in [4.78, 5) is 12.4. The number of benzene rings is 2. The first-order valence-corrected chi connectivity index (χ1v) is 15.4. The molecule has 0 radical (unpaired) electrons. The quantitative estimate of drug-likeness (QED) is 0.139. The number of carbonyl (C=O) groups excluding carboxylic acids is 1. The minimum Gasteiger partial charge on any atom is -0.457 e. The molecule has 1 N–H and O–H groups in total. The molecule has 212 valence electrons. The van der Waals surface area contributed by atoms with Crippen LogP contribution in [0.1, 0.15) is 152 Å². The number of rotatable bonds is 20. The third-order valence-corrected chi connectivity index (χ3v) is 7.38. The summed E-state index contributed by atoms with van der Waals surface area (Å²) in [6.45, 7) is 8.06. The smallest absolute Gasteiger partial charge is 0.168 e. The summed E-state index contributed by atoms with van der Waals surface area (Å²) in [6, 6.07) is 15.0. The van der Waals surface area contributed by atoms with Crippen LogP contribution in [-0.2, 0) is 0 Å². The molecule has 0 amide bonds. The average Bonchev–Trinajstić information content (AvgIpc) is 2.90. The van der Waals surface area contributed by atoms with E-state index in [1.165, 1.54) is 89.9 Å². The molecule has 3 nitrogen and oxygen atoms in total. The van der Waals surface area contributed by atoms with Crippen LogP contribution in [0, 0.1) is 5.41 Å². The lowest BCUT2D eigenvalue weighted by atomic mass is 9.86. The highest BCUT2D eigenvalue weighted by molar-refractivity contribution is 5.99. The van der Waals surface area contributed by atoms with E-state index in [1.807, 2.05) is 69.3 Å². The molecule has 0 aromatic heterocycles. The van der Waals surface area contributed by atoms with Crippen molar-refractivity contribution in [2.45, 2.75) is 137 Å². The van der Waals surface area contributed by atoms with Crippen molar-refractivity contribution < 1.29 is 14.6 Å². The number of ketones is 1. The molecule has 0 bridgehead atoms. The van der Waals surface area contributed by atoms with Crippen molar-refractivity contribution in [1.82, 2.24) is 0 Å². The van der Waals surface area contributed by atoms with Crippen molar-refractivity contribution in [1.29, 1.82) is 0 Å². The second-order valence-electron chi connectivity index (χ2n) is 12.0. The number of hydrogen-bond donors (Lipinski definition) is 1. The number of aliphatic hydroxyl groups is 1. The summed E-state index contributed by atoms with van der Waals surface area (Å²) in [5.41, 5.74) is 1.24. The van der Waals surface area contributed by atoms with Crippen molar-refractivity contribution in [2.75, 3.05) is 0 Å². The molecule has 0 aliphatic heterocycles. The maximum Gasteiger partial charge on any atom is 0.168 e. The van der Waals surface area contributed by atoms with E-state index in [1.54, 1.807) is 0 Å². The molecule has 0 fully saturated rings. The monoisotopic (exact) mass is 522 g/mol. The third kappa shape index (κ3) is 13.1. The Balaban J connectivity index is 1.54. The lowest BCUT2D eigenvalue weighted by molar-refractivity contribution is 0.0858. The van der Waals surface area contributed by atoms with Gasteiger partial charge in [0, 0.05) is 11.0 Å². The van der Waals surface area contributed by atoms with Crippen molar-refractivity contribution in [3.63, 3.8) is 0 Å². The molecule has 2 rings (SSSR count). The van der Waals surface area contributed by atoms with E-state index in [4.69, 9.17) is 4.74 Å². The molecule has 3 heteroatoms. The molecule has 0 aliphatic rings. The molecule has 0 spiro atoms. The summed E-state index contributed by atoms with van der Waals surface area (Å²) in [5, 5.41) is 10.6. The maximum absolute atomic E-state index is 12.4. The number of aliphatic hydroxyl groups excluding tert-OH is 1. The molecule has 1 atom stereocenters. The van der Waals surface area contributed by atoms with Crippen LogP contribution in [-0.4, -0.2) is 10.9 Å². The molecule has 0 saturated carbocycles. The Morgan fingerprint density at radius 3 is 1.47 bits per heavy atom. The fourth-order valence-electron chi connectivity index (χ4n) is 4.88. The van der Waals surface area contributed by atoms with Crippen LogP contribution in [0.25, 0.3) is 0 Å². The third-order valence-electron chi connectivity index (χ3n) is 7.38. The Morgan fingerprint density at radius 1 is 0.658 bits per heavy atom. The number of ether oxygens (including phenoxy) is 1. The molecule has 0 aliphatic carbocycles. The van der Waals surface area contributed by atoms with Crippen LogP contribution in [0.2, 0.25) is 0 Å². The predicted octanol–water partition coefficient (Wildman–Crippen LogP) is 11.0. The fraction of sp³-hybridized carbons (Fsp3) is 0.629. The van der Waals surface area contributed by atoms with Crippen LogP contribution in [0.3, 0.4) is 0 Å². The van der Waals surface area contributed by atoms with E-state index in [9.17, 15) is 9.90 Å². The lowest BCUT2D eigenvalue weighted by Gasteiger charge is -2.16. The SMILES string of the molecule is CCCCCCCCCCCCCCCCCC(O)c1ccc(Oc2ccc(C(=O)C(C)(C)C)cc2)cc1. The van der Waals surface area contributed by atoms with Gasteiger partial charge in [0.25, 0.3) is 0 Å². The first-order valence-electron chi connectivity index (χ1n) is 15.4. The zero-order valence-electron chi connectivity index (χ0n) is 24.8. The predicted molar refractivity (Wildman–Crippen MR) is 161 cm³/mol. The van der Waals surface area contributed by atoms with E-state index in [2.05, 4.69) is 6.92 Å². The second kappa shape index (κ2) is 18.2. The number of Topliss-reactive ketones (excluding diaryl/α,β-unsaturated/α-hetero) is 1. The number of hydrogen-bond acceptors (Lipinski definition) is 3. The maximum atomic E-state index is 12.4. The van der Waals surface area contributed by atoms with E-state index < -0.39 is 11.5 Å². The molecular formula is C35H54O3. The highest BCUT2D eigenvalue weighted by atomic mass is 16.5. The minimum atomic E-state index is -0.422. The Bertz CT molecular complexity index is 877. The molecule has 2 aromatic rings. The van der Waals surface area contributed by atoms with Gasteiger partial charge in [-0.2, -0.15) is 0 Å². The molecule has 38 heavy (non-hydrogen) atoms. The zero-order chi connectivity index (χ0) is 27.6. The average molecular weight is 523 g/mol. The fourth-order valence-corrected chi connectivity index (χ4v) is 4.88. The number of carbonyl (C=O) groups is 1. The van der Waals surface area contributed by atoms with Crippen LogP contribution < -0.4 is 4.74 Å². The van der Waals surface area contributed by atoms with E-state index in [-0.39, 0.29) is 5.78 Å². The Morgan fingerprint density at radius 2 is 1.05 bits per heavy atom. The second-order valence-corrected chi connectivity index (χ2v) is 12.0. The molecule has 0 saturated heterocycles.